The molecule has 0 saturated heterocycles. The molecule has 0 fully saturated rings. The van der Waals surface area contributed by atoms with Crippen LogP contribution in [-0.2, 0) is 12.8 Å². The maximum atomic E-state index is 10.8. The number of aryl methyl sites for hydroxylation is 1. The number of nitrogen functional groups attached to an aromatic ring is 1. The summed E-state index contributed by atoms with van der Waals surface area (Å²) in [5.74, 6) is -1.43. The number of carbonyl (C=O) groups is 1. The Labute approximate surface area is 81.0 Å². The number of benzene rings is 1. The highest BCUT2D eigenvalue weighted by Gasteiger charge is 2.22. The van der Waals surface area contributed by atoms with Crippen LogP contribution in [0.5, 0.6) is 5.75 Å². The van der Waals surface area contributed by atoms with Crippen molar-refractivity contribution in [2.75, 3.05) is 5.73 Å². The first-order valence-corrected chi connectivity index (χ1v) is 4.47. The fourth-order valence-corrected chi connectivity index (χ4v) is 1.93. The number of hydrogen-bond donors (Lipinski definition) is 3. The first-order valence-electron chi connectivity index (χ1n) is 4.47. The van der Waals surface area contributed by atoms with E-state index in [1.807, 2.05) is 0 Å². The summed E-state index contributed by atoms with van der Waals surface area (Å²) in [6.45, 7) is 0. The number of hydrogen-bond acceptors (Lipinski definition) is 3. The summed E-state index contributed by atoms with van der Waals surface area (Å²) in [5, 5.41) is 18.3. The molecule has 14 heavy (non-hydrogen) atoms. The Kier molecular flexibility index (Phi) is 1.84. The zero-order chi connectivity index (χ0) is 10.3. The highest BCUT2D eigenvalue weighted by molar-refractivity contribution is 5.94. The molecule has 0 saturated carbocycles. The average molecular weight is 193 g/mol. The van der Waals surface area contributed by atoms with Crippen LogP contribution in [0.3, 0.4) is 0 Å². The maximum Gasteiger partial charge on any atom is 0.339 e. The van der Waals surface area contributed by atoms with Crippen LogP contribution in [0.2, 0.25) is 0 Å². The highest BCUT2D eigenvalue weighted by Crippen LogP contribution is 2.36. The highest BCUT2D eigenvalue weighted by atomic mass is 16.4. The summed E-state index contributed by atoms with van der Waals surface area (Å²) in [4.78, 5) is 10.8. The number of phenols is 1. The quantitative estimate of drug-likeness (QED) is 0.461. The molecule has 2 rings (SSSR count). The number of fused-ring (bicyclic) bond motifs is 1. The Hall–Kier alpha value is -1.71. The molecule has 0 amide bonds. The lowest BCUT2D eigenvalue weighted by Crippen LogP contribution is -2.03. The largest absolute Gasteiger partial charge is 0.505 e. The van der Waals surface area contributed by atoms with E-state index in [4.69, 9.17) is 10.8 Å². The summed E-state index contributed by atoms with van der Waals surface area (Å²) in [7, 11) is 0. The van der Waals surface area contributed by atoms with Crippen molar-refractivity contribution in [1.82, 2.24) is 0 Å². The van der Waals surface area contributed by atoms with Crippen molar-refractivity contribution in [2.24, 2.45) is 0 Å². The number of carboxylic acid groups (broad SMARTS) is 1. The molecule has 4 N–H and O–H groups in total. The van der Waals surface area contributed by atoms with Crippen LogP contribution in [0.1, 0.15) is 27.9 Å². The van der Waals surface area contributed by atoms with E-state index in [-0.39, 0.29) is 17.0 Å². The van der Waals surface area contributed by atoms with Crippen molar-refractivity contribution >= 4 is 11.7 Å². The summed E-state index contributed by atoms with van der Waals surface area (Å²) in [6, 6.07) is 1.52. The lowest BCUT2D eigenvalue weighted by atomic mass is 10.0. The molecule has 1 aliphatic rings. The molecular weight excluding hydrogens is 182 g/mol. The topological polar surface area (TPSA) is 83.5 Å². The molecule has 74 valence electrons. The minimum Gasteiger partial charge on any atom is -0.505 e. The molecule has 1 aromatic carbocycles. The Bertz CT molecular complexity index is 412. The van der Waals surface area contributed by atoms with Gasteiger partial charge in [0.1, 0.15) is 5.56 Å². The van der Waals surface area contributed by atoms with Gasteiger partial charge in [-0.2, -0.15) is 0 Å². The molecule has 0 bridgehead atoms. The van der Waals surface area contributed by atoms with Crippen LogP contribution in [0.25, 0.3) is 0 Å². The molecule has 0 aliphatic heterocycles. The summed E-state index contributed by atoms with van der Waals surface area (Å²) in [6.07, 6.45) is 2.65. The molecule has 0 radical (unpaired) electrons. The van der Waals surface area contributed by atoms with Crippen molar-refractivity contribution in [3.05, 3.63) is 22.8 Å². The number of carboxylic acids is 1. The van der Waals surface area contributed by atoms with Crippen molar-refractivity contribution in [3.63, 3.8) is 0 Å². The van der Waals surface area contributed by atoms with Crippen LogP contribution in [0.4, 0.5) is 5.69 Å². The van der Waals surface area contributed by atoms with Gasteiger partial charge in [0, 0.05) is 0 Å². The van der Waals surface area contributed by atoms with E-state index in [1.165, 1.54) is 6.07 Å². The van der Waals surface area contributed by atoms with Gasteiger partial charge < -0.3 is 15.9 Å². The molecule has 0 heterocycles. The number of rotatable bonds is 1. The van der Waals surface area contributed by atoms with E-state index in [2.05, 4.69) is 0 Å². The van der Waals surface area contributed by atoms with Crippen LogP contribution in [-0.4, -0.2) is 16.2 Å². The van der Waals surface area contributed by atoms with E-state index < -0.39 is 5.97 Å². The predicted octanol–water partition coefficient (Wildman–Crippen LogP) is 1.16. The van der Waals surface area contributed by atoms with E-state index in [0.717, 1.165) is 30.4 Å². The minimum atomic E-state index is -1.14. The number of nitrogens with two attached hydrogens (primary N) is 1. The maximum absolute atomic E-state index is 10.8. The zero-order valence-electron chi connectivity index (χ0n) is 7.58. The fraction of sp³-hybridized carbons (Fsp3) is 0.300. The average Bonchev–Trinajstić information content (AvgIpc) is 2.58. The van der Waals surface area contributed by atoms with Gasteiger partial charge in [0.05, 0.1) is 5.69 Å². The van der Waals surface area contributed by atoms with Gasteiger partial charge in [-0.05, 0) is 36.5 Å². The van der Waals surface area contributed by atoms with Gasteiger partial charge in [-0.25, -0.2) is 4.79 Å². The third kappa shape index (κ3) is 1.11. The fourth-order valence-electron chi connectivity index (χ4n) is 1.93. The molecule has 4 nitrogen and oxygen atoms in total. The van der Waals surface area contributed by atoms with Crippen molar-refractivity contribution in [2.45, 2.75) is 19.3 Å². The molecule has 1 aromatic rings. The molecule has 1 aliphatic carbocycles. The number of anilines is 1. The second kappa shape index (κ2) is 2.90. The Morgan fingerprint density at radius 1 is 1.43 bits per heavy atom. The molecule has 0 atom stereocenters. The smallest absolute Gasteiger partial charge is 0.339 e. The van der Waals surface area contributed by atoms with Gasteiger partial charge >= 0.3 is 5.97 Å². The van der Waals surface area contributed by atoms with Gasteiger partial charge in [-0.1, -0.05) is 0 Å². The van der Waals surface area contributed by atoms with E-state index in [0.29, 0.717) is 0 Å². The molecule has 0 spiro atoms. The second-order valence-corrected chi connectivity index (χ2v) is 3.48. The first-order chi connectivity index (χ1) is 6.61. The Morgan fingerprint density at radius 2 is 2.14 bits per heavy atom. The monoisotopic (exact) mass is 193 g/mol. The molecule has 4 heteroatoms. The SMILES string of the molecule is Nc1c(O)c(C(=O)O)cc2c1CCC2. The Morgan fingerprint density at radius 3 is 2.79 bits per heavy atom. The second-order valence-electron chi connectivity index (χ2n) is 3.48. The normalized spacial score (nSPS) is 14.0. The van der Waals surface area contributed by atoms with Crippen LogP contribution in [0, 0.1) is 0 Å². The molecular formula is C10H11NO3. The van der Waals surface area contributed by atoms with Crippen molar-refractivity contribution in [1.29, 1.82) is 0 Å². The van der Waals surface area contributed by atoms with Crippen molar-refractivity contribution < 1.29 is 15.0 Å². The predicted molar refractivity (Wildman–Crippen MR) is 51.5 cm³/mol. The van der Waals surface area contributed by atoms with Gasteiger partial charge in [0.15, 0.2) is 5.75 Å². The third-order valence-electron chi connectivity index (χ3n) is 2.64. The van der Waals surface area contributed by atoms with Crippen LogP contribution >= 0.6 is 0 Å². The summed E-state index contributed by atoms with van der Waals surface area (Å²) >= 11 is 0. The first kappa shape index (κ1) is 8.87. The zero-order valence-corrected chi connectivity index (χ0v) is 7.58. The van der Waals surface area contributed by atoms with Gasteiger partial charge in [-0.15, -0.1) is 0 Å². The van der Waals surface area contributed by atoms with Gasteiger partial charge in [-0.3, -0.25) is 0 Å². The lowest BCUT2D eigenvalue weighted by molar-refractivity contribution is 0.0693. The van der Waals surface area contributed by atoms with Gasteiger partial charge in [0.2, 0.25) is 0 Å². The van der Waals surface area contributed by atoms with E-state index >= 15 is 0 Å². The standard InChI is InChI=1S/C10H11NO3/c11-8-6-3-1-2-5(6)4-7(9(8)12)10(13)14/h4,12H,1-3,11H2,(H,13,14). The summed E-state index contributed by atoms with van der Waals surface area (Å²) < 4.78 is 0. The number of aromatic hydroxyl groups is 1. The minimum absolute atomic E-state index is 0.0943. The van der Waals surface area contributed by atoms with E-state index in [1.54, 1.807) is 0 Å². The van der Waals surface area contributed by atoms with Crippen LogP contribution < -0.4 is 5.73 Å². The summed E-state index contributed by atoms with van der Waals surface area (Å²) in [5.41, 5.74) is 7.66. The van der Waals surface area contributed by atoms with Gasteiger partial charge in [0.25, 0.3) is 0 Å². The van der Waals surface area contributed by atoms with E-state index in [9.17, 15) is 9.90 Å². The molecule has 0 unspecified atom stereocenters. The van der Waals surface area contributed by atoms with Crippen molar-refractivity contribution in [3.8, 4) is 5.75 Å². The Balaban J connectivity index is 2.67. The molecule has 0 aromatic heterocycles. The van der Waals surface area contributed by atoms with Crippen LogP contribution in [0.15, 0.2) is 6.07 Å². The third-order valence-corrected chi connectivity index (χ3v) is 2.64. The lowest BCUT2D eigenvalue weighted by Gasteiger charge is -2.08. The number of aromatic carboxylic acids is 1.